The van der Waals surface area contributed by atoms with E-state index in [1.807, 2.05) is 0 Å². The Morgan fingerprint density at radius 1 is 1.26 bits per heavy atom. The first-order valence-corrected chi connectivity index (χ1v) is 6.64. The van der Waals surface area contributed by atoms with Crippen molar-refractivity contribution in [2.24, 2.45) is 0 Å². The molecule has 1 heterocycles. The van der Waals surface area contributed by atoms with Gasteiger partial charge in [0.1, 0.15) is 5.82 Å². The van der Waals surface area contributed by atoms with E-state index in [2.05, 4.69) is 29.8 Å². The molecule has 1 saturated heterocycles. The highest BCUT2D eigenvalue weighted by Crippen LogP contribution is 2.14. The molecule has 4 nitrogen and oxygen atoms in total. The van der Waals surface area contributed by atoms with E-state index in [4.69, 9.17) is 0 Å². The Morgan fingerprint density at radius 2 is 1.95 bits per heavy atom. The van der Waals surface area contributed by atoms with Gasteiger partial charge in [-0.15, -0.1) is 0 Å². The SMILES string of the molecule is CC1CCC(NC(=O)Nc2ccc(F)cc2)C(C)N1. The third kappa shape index (κ3) is 3.92. The number of benzene rings is 1. The molecule has 5 heteroatoms. The number of carbonyl (C=O) groups excluding carboxylic acids is 1. The van der Waals surface area contributed by atoms with Gasteiger partial charge in [-0.05, 0) is 51.0 Å². The van der Waals surface area contributed by atoms with E-state index in [1.165, 1.54) is 12.1 Å². The molecule has 3 atom stereocenters. The first-order valence-electron chi connectivity index (χ1n) is 6.64. The molecule has 1 aliphatic rings. The molecule has 1 fully saturated rings. The van der Waals surface area contributed by atoms with Crippen molar-refractivity contribution in [1.82, 2.24) is 10.6 Å². The van der Waals surface area contributed by atoms with E-state index >= 15 is 0 Å². The molecular weight excluding hydrogens is 245 g/mol. The number of hydrogen-bond donors (Lipinski definition) is 3. The summed E-state index contributed by atoms with van der Waals surface area (Å²) in [5.74, 6) is -0.315. The number of amides is 2. The van der Waals surface area contributed by atoms with Gasteiger partial charge in [0, 0.05) is 23.8 Å². The van der Waals surface area contributed by atoms with E-state index < -0.39 is 0 Å². The van der Waals surface area contributed by atoms with E-state index in [0.717, 1.165) is 12.8 Å². The molecule has 0 saturated carbocycles. The smallest absolute Gasteiger partial charge is 0.319 e. The molecule has 0 bridgehead atoms. The second kappa shape index (κ2) is 6.02. The van der Waals surface area contributed by atoms with Crippen molar-refractivity contribution in [3.05, 3.63) is 30.1 Å². The van der Waals surface area contributed by atoms with Crippen molar-refractivity contribution in [3.8, 4) is 0 Å². The number of carbonyl (C=O) groups is 1. The van der Waals surface area contributed by atoms with Gasteiger partial charge in [-0.25, -0.2) is 9.18 Å². The predicted octanol–water partition coefficient (Wildman–Crippen LogP) is 2.48. The van der Waals surface area contributed by atoms with Gasteiger partial charge in [-0.1, -0.05) is 0 Å². The first kappa shape index (κ1) is 13.8. The highest BCUT2D eigenvalue weighted by molar-refractivity contribution is 5.89. The maximum atomic E-state index is 12.7. The molecule has 1 aromatic carbocycles. The third-order valence-electron chi connectivity index (χ3n) is 3.48. The molecule has 2 amide bonds. The van der Waals surface area contributed by atoms with Crippen LogP contribution in [0.1, 0.15) is 26.7 Å². The summed E-state index contributed by atoms with van der Waals surface area (Å²) >= 11 is 0. The van der Waals surface area contributed by atoms with Gasteiger partial charge in [0.2, 0.25) is 0 Å². The zero-order valence-corrected chi connectivity index (χ0v) is 11.2. The maximum absolute atomic E-state index is 12.7. The molecule has 0 spiro atoms. The summed E-state index contributed by atoms with van der Waals surface area (Å²) in [5.41, 5.74) is 0.587. The van der Waals surface area contributed by atoms with Crippen LogP contribution in [0.3, 0.4) is 0 Å². The van der Waals surface area contributed by atoms with Crippen molar-refractivity contribution in [1.29, 1.82) is 0 Å². The molecular formula is C14H20FN3O. The van der Waals surface area contributed by atoms with Crippen LogP contribution >= 0.6 is 0 Å². The van der Waals surface area contributed by atoms with Gasteiger partial charge >= 0.3 is 6.03 Å². The number of hydrogen-bond acceptors (Lipinski definition) is 2. The second-order valence-corrected chi connectivity index (χ2v) is 5.15. The number of piperidine rings is 1. The van der Waals surface area contributed by atoms with E-state index in [1.54, 1.807) is 12.1 Å². The zero-order valence-electron chi connectivity index (χ0n) is 11.2. The van der Waals surface area contributed by atoms with Crippen LogP contribution in [0.4, 0.5) is 14.9 Å². The fraction of sp³-hybridized carbons (Fsp3) is 0.500. The molecule has 3 unspecified atom stereocenters. The molecule has 3 N–H and O–H groups in total. The largest absolute Gasteiger partial charge is 0.334 e. The van der Waals surface area contributed by atoms with Crippen molar-refractivity contribution < 1.29 is 9.18 Å². The lowest BCUT2D eigenvalue weighted by Gasteiger charge is -2.34. The lowest BCUT2D eigenvalue weighted by Crippen LogP contribution is -2.55. The normalized spacial score (nSPS) is 26.8. The van der Waals surface area contributed by atoms with Crippen LogP contribution in [0, 0.1) is 5.82 Å². The molecule has 2 rings (SSSR count). The number of halogens is 1. The maximum Gasteiger partial charge on any atom is 0.319 e. The van der Waals surface area contributed by atoms with Gasteiger partial charge in [-0.2, -0.15) is 0 Å². The van der Waals surface area contributed by atoms with Gasteiger partial charge in [0.25, 0.3) is 0 Å². The number of anilines is 1. The van der Waals surface area contributed by atoms with Crippen LogP contribution in [-0.2, 0) is 0 Å². The van der Waals surface area contributed by atoms with E-state index in [9.17, 15) is 9.18 Å². The van der Waals surface area contributed by atoms with E-state index in [-0.39, 0.29) is 23.9 Å². The van der Waals surface area contributed by atoms with Crippen LogP contribution in [0.15, 0.2) is 24.3 Å². The van der Waals surface area contributed by atoms with Crippen molar-refractivity contribution >= 4 is 11.7 Å². The van der Waals surface area contributed by atoms with Crippen molar-refractivity contribution in [2.45, 2.75) is 44.8 Å². The van der Waals surface area contributed by atoms with Gasteiger partial charge < -0.3 is 16.0 Å². The topological polar surface area (TPSA) is 53.2 Å². The lowest BCUT2D eigenvalue weighted by atomic mass is 9.95. The third-order valence-corrected chi connectivity index (χ3v) is 3.48. The molecule has 0 aromatic heterocycles. The van der Waals surface area contributed by atoms with Crippen LogP contribution < -0.4 is 16.0 Å². The summed E-state index contributed by atoms with van der Waals surface area (Å²) in [7, 11) is 0. The monoisotopic (exact) mass is 265 g/mol. The quantitative estimate of drug-likeness (QED) is 0.769. The lowest BCUT2D eigenvalue weighted by molar-refractivity contribution is 0.232. The highest BCUT2D eigenvalue weighted by Gasteiger charge is 2.25. The molecule has 104 valence electrons. The average molecular weight is 265 g/mol. The van der Waals surface area contributed by atoms with Gasteiger partial charge in [0.15, 0.2) is 0 Å². The fourth-order valence-corrected chi connectivity index (χ4v) is 2.39. The zero-order chi connectivity index (χ0) is 13.8. The Balaban J connectivity index is 1.85. The van der Waals surface area contributed by atoms with E-state index in [0.29, 0.717) is 11.7 Å². The minimum atomic E-state index is -0.315. The molecule has 0 aliphatic carbocycles. The number of rotatable bonds is 2. The number of nitrogens with one attached hydrogen (secondary N) is 3. The Morgan fingerprint density at radius 3 is 2.58 bits per heavy atom. The van der Waals surface area contributed by atoms with Gasteiger partial charge in [0.05, 0.1) is 0 Å². The Kier molecular flexibility index (Phi) is 4.37. The molecule has 0 radical (unpaired) electrons. The second-order valence-electron chi connectivity index (χ2n) is 5.15. The fourth-order valence-electron chi connectivity index (χ4n) is 2.39. The first-order chi connectivity index (χ1) is 9.04. The summed E-state index contributed by atoms with van der Waals surface area (Å²) in [4.78, 5) is 11.8. The molecule has 1 aromatic rings. The highest BCUT2D eigenvalue weighted by atomic mass is 19.1. The number of urea groups is 1. The standard InChI is InChI=1S/C14H20FN3O/c1-9-3-8-13(10(2)16-9)18-14(19)17-12-6-4-11(15)5-7-12/h4-7,9-10,13,16H,3,8H2,1-2H3,(H2,17,18,19). The summed E-state index contributed by atoms with van der Waals surface area (Å²) in [5, 5.41) is 9.06. The summed E-state index contributed by atoms with van der Waals surface area (Å²) in [6.07, 6.45) is 2.01. The van der Waals surface area contributed by atoms with Crippen molar-refractivity contribution in [2.75, 3.05) is 5.32 Å². The summed E-state index contributed by atoms with van der Waals surface area (Å²) in [6.45, 7) is 4.21. The Labute approximate surface area is 112 Å². The molecule has 19 heavy (non-hydrogen) atoms. The Bertz CT molecular complexity index is 435. The van der Waals surface area contributed by atoms with Crippen LogP contribution in [0.25, 0.3) is 0 Å². The Hall–Kier alpha value is -1.62. The molecule has 1 aliphatic heterocycles. The van der Waals surface area contributed by atoms with Gasteiger partial charge in [-0.3, -0.25) is 0 Å². The van der Waals surface area contributed by atoms with Crippen molar-refractivity contribution in [3.63, 3.8) is 0 Å². The summed E-state index contributed by atoms with van der Waals surface area (Å²) < 4.78 is 12.7. The summed E-state index contributed by atoms with van der Waals surface area (Å²) in [6, 6.07) is 6.34. The average Bonchev–Trinajstić information content (AvgIpc) is 2.36. The van der Waals surface area contributed by atoms with Crippen LogP contribution in [0.2, 0.25) is 0 Å². The minimum Gasteiger partial charge on any atom is -0.334 e. The minimum absolute atomic E-state index is 0.122. The van der Waals surface area contributed by atoms with Crippen LogP contribution in [0.5, 0.6) is 0 Å². The van der Waals surface area contributed by atoms with Crippen LogP contribution in [-0.4, -0.2) is 24.2 Å². The predicted molar refractivity (Wildman–Crippen MR) is 73.6 cm³/mol.